The normalized spacial score (nSPS) is 10.1. The number of rotatable bonds is 2. The number of thiazole rings is 1. The van der Waals surface area contributed by atoms with Gasteiger partial charge in [-0.3, -0.25) is 4.79 Å². The Hall–Kier alpha value is -1.39. The Bertz CT molecular complexity index is 524. The van der Waals surface area contributed by atoms with Crippen LogP contribution in [0.4, 0.5) is 0 Å². The first-order chi connectivity index (χ1) is 7.65. The van der Waals surface area contributed by atoms with E-state index in [2.05, 4.69) is 4.98 Å². The molecule has 0 N–H and O–H groups in total. The van der Waals surface area contributed by atoms with E-state index in [1.165, 1.54) is 18.3 Å². The molecule has 0 spiro atoms. The minimum absolute atomic E-state index is 0.326. The minimum atomic E-state index is -0.372. The largest absolute Gasteiger partial charge is 0.407 e. The second-order valence-corrected chi connectivity index (χ2v) is 4.39. The number of carbonyl (C=O) groups is 1. The standard InChI is InChI=1S/C11H8ClNO2S/c1-7(14)15-10-6-16-11(13-10)8-3-2-4-9(12)5-8/h2-6H,1H3. The van der Waals surface area contributed by atoms with Crippen LogP contribution in [0.5, 0.6) is 5.88 Å². The Balaban J connectivity index is 2.28. The van der Waals surface area contributed by atoms with Gasteiger partial charge in [0, 0.05) is 17.5 Å². The van der Waals surface area contributed by atoms with Crippen molar-refractivity contribution in [2.45, 2.75) is 6.92 Å². The predicted octanol–water partition coefficient (Wildman–Crippen LogP) is 3.39. The fourth-order valence-corrected chi connectivity index (χ4v) is 2.12. The van der Waals surface area contributed by atoms with Crippen LogP contribution in [-0.2, 0) is 4.79 Å². The van der Waals surface area contributed by atoms with Gasteiger partial charge in [-0.25, -0.2) is 4.98 Å². The molecule has 1 aromatic heterocycles. The van der Waals surface area contributed by atoms with E-state index in [1.54, 1.807) is 11.4 Å². The van der Waals surface area contributed by atoms with E-state index < -0.39 is 0 Å². The molecule has 0 radical (unpaired) electrons. The van der Waals surface area contributed by atoms with Gasteiger partial charge in [0.1, 0.15) is 5.01 Å². The molecule has 0 bridgehead atoms. The number of benzene rings is 1. The molecule has 82 valence electrons. The summed E-state index contributed by atoms with van der Waals surface area (Å²) in [4.78, 5) is 14.9. The first-order valence-electron chi connectivity index (χ1n) is 4.55. The molecule has 0 saturated carbocycles. The van der Waals surface area contributed by atoms with E-state index in [-0.39, 0.29) is 5.97 Å². The predicted molar refractivity (Wildman–Crippen MR) is 63.9 cm³/mol. The molecular weight excluding hydrogens is 246 g/mol. The summed E-state index contributed by atoms with van der Waals surface area (Å²) in [5.74, 6) is -0.0459. The number of hydrogen-bond acceptors (Lipinski definition) is 4. The number of halogens is 1. The highest BCUT2D eigenvalue weighted by atomic mass is 35.5. The molecule has 0 saturated heterocycles. The van der Waals surface area contributed by atoms with Gasteiger partial charge in [0.25, 0.3) is 0 Å². The van der Waals surface area contributed by atoms with E-state index in [1.807, 2.05) is 18.2 Å². The van der Waals surface area contributed by atoms with Crippen molar-refractivity contribution < 1.29 is 9.53 Å². The van der Waals surface area contributed by atoms with Gasteiger partial charge in [0.05, 0.1) is 5.38 Å². The van der Waals surface area contributed by atoms with Crippen LogP contribution in [0.3, 0.4) is 0 Å². The van der Waals surface area contributed by atoms with Crippen molar-refractivity contribution in [2.24, 2.45) is 0 Å². The van der Waals surface area contributed by atoms with Crippen LogP contribution in [0.15, 0.2) is 29.6 Å². The molecule has 0 aliphatic rings. The van der Waals surface area contributed by atoms with E-state index in [0.717, 1.165) is 10.6 Å². The molecule has 2 aromatic rings. The molecule has 2 rings (SSSR count). The van der Waals surface area contributed by atoms with Gasteiger partial charge < -0.3 is 4.74 Å². The van der Waals surface area contributed by atoms with E-state index in [4.69, 9.17) is 16.3 Å². The Labute approximate surface area is 102 Å². The number of esters is 1. The van der Waals surface area contributed by atoms with Crippen LogP contribution in [0, 0.1) is 0 Å². The third kappa shape index (κ3) is 2.59. The fourth-order valence-electron chi connectivity index (χ4n) is 1.21. The molecule has 0 aliphatic heterocycles. The highest BCUT2D eigenvalue weighted by Crippen LogP contribution is 2.28. The monoisotopic (exact) mass is 253 g/mol. The molecule has 0 atom stereocenters. The van der Waals surface area contributed by atoms with Crippen molar-refractivity contribution in [2.75, 3.05) is 0 Å². The second kappa shape index (κ2) is 4.63. The third-order valence-electron chi connectivity index (χ3n) is 1.80. The summed E-state index contributed by atoms with van der Waals surface area (Å²) in [5.41, 5.74) is 0.913. The topological polar surface area (TPSA) is 39.2 Å². The first-order valence-corrected chi connectivity index (χ1v) is 5.81. The molecule has 1 aromatic carbocycles. The van der Waals surface area contributed by atoms with Gasteiger partial charge in [-0.1, -0.05) is 23.7 Å². The number of nitrogens with zero attached hydrogens (tertiary/aromatic N) is 1. The molecule has 0 aliphatic carbocycles. The zero-order chi connectivity index (χ0) is 11.5. The van der Waals surface area contributed by atoms with Gasteiger partial charge in [-0.15, -0.1) is 11.3 Å². The summed E-state index contributed by atoms with van der Waals surface area (Å²) in [5, 5.41) is 3.12. The van der Waals surface area contributed by atoms with Crippen molar-refractivity contribution in [1.29, 1.82) is 0 Å². The Kier molecular flexibility index (Phi) is 3.22. The molecule has 5 heteroatoms. The lowest BCUT2D eigenvalue weighted by Gasteiger charge is -1.96. The van der Waals surface area contributed by atoms with Crippen LogP contribution in [0.25, 0.3) is 10.6 Å². The fraction of sp³-hybridized carbons (Fsp3) is 0.0909. The Morgan fingerprint density at radius 1 is 1.50 bits per heavy atom. The molecule has 0 amide bonds. The zero-order valence-electron chi connectivity index (χ0n) is 8.44. The average Bonchev–Trinajstić information content (AvgIpc) is 2.65. The molecule has 0 unspecified atom stereocenters. The lowest BCUT2D eigenvalue weighted by Crippen LogP contribution is -2.01. The van der Waals surface area contributed by atoms with Gasteiger partial charge in [-0.05, 0) is 12.1 Å². The van der Waals surface area contributed by atoms with Gasteiger partial charge >= 0.3 is 5.97 Å². The van der Waals surface area contributed by atoms with Crippen molar-refractivity contribution in [1.82, 2.24) is 4.98 Å². The summed E-state index contributed by atoms with van der Waals surface area (Å²) in [6.45, 7) is 1.35. The highest BCUT2D eigenvalue weighted by Gasteiger charge is 2.07. The Morgan fingerprint density at radius 2 is 2.31 bits per heavy atom. The zero-order valence-corrected chi connectivity index (χ0v) is 10.0. The lowest BCUT2D eigenvalue weighted by atomic mass is 10.2. The quantitative estimate of drug-likeness (QED) is 0.770. The van der Waals surface area contributed by atoms with Crippen LogP contribution >= 0.6 is 22.9 Å². The van der Waals surface area contributed by atoms with Crippen LogP contribution in [-0.4, -0.2) is 11.0 Å². The van der Waals surface area contributed by atoms with Gasteiger partial charge in [0.15, 0.2) is 0 Å². The molecule has 0 fully saturated rings. The van der Waals surface area contributed by atoms with Crippen LogP contribution < -0.4 is 4.74 Å². The summed E-state index contributed by atoms with van der Waals surface area (Å²) in [7, 11) is 0. The third-order valence-corrected chi connectivity index (χ3v) is 2.91. The highest BCUT2D eigenvalue weighted by molar-refractivity contribution is 7.13. The first kappa shape index (κ1) is 11.1. The molecule has 16 heavy (non-hydrogen) atoms. The smallest absolute Gasteiger partial charge is 0.309 e. The average molecular weight is 254 g/mol. The van der Waals surface area contributed by atoms with Crippen molar-refractivity contribution in [3.63, 3.8) is 0 Å². The van der Waals surface area contributed by atoms with E-state index >= 15 is 0 Å². The summed E-state index contributed by atoms with van der Waals surface area (Å²) in [6, 6.07) is 7.37. The van der Waals surface area contributed by atoms with Crippen molar-refractivity contribution in [3.05, 3.63) is 34.7 Å². The van der Waals surface area contributed by atoms with Crippen molar-refractivity contribution >= 4 is 28.9 Å². The maximum atomic E-state index is 10.7. The van der Waals surface area contributed by atoms with Crippen molar-refractivity contribution in [3.8, 4) is 16.5 Å². The molecule has 1 heterocycles. The van der Waals surface area contributed by atoms with Gasteiger partial charge in [-0.2, -0.15) is 0 Å². The van der Waals surface area contributed by atoms with Gasteiger partial charge in [0.2, 0.25) is 5.88 Å². The number of hydrogen-bond donors (Lipinski definition) is 0. The maximum Gasteiger partial charge on any atom is 0.309 e. The summed E-state index contributed by atoms with van der Waals surface area (Å²) >= 11 is 7.28. The molecular formula is C11H8ClNO2S. The maximum absolute atomic E-state index is 10.7. The summed E-state index contributed by atoms with van der Waals surface area (Å²) in [6.07, 6.45) is 0. The SMILES string of the molecule is CC(=O)Oc1csc(-c2cccc(Cl)c2)n1. The summed E-state index contributed by atoms with van der Waals surface area (Å²) < 4.78 is 4.87. The number of ether oxygens (including phenoxy) is 1. The lowest BCUT2D eigenvalue weighted by molar-refractivity contribution is -0.132. The van der Waals surface area contributed by atoms with Crippen LogP contribution in [0.1, 0.15) is 6.92 Å². The number of aromatic nitrogens is 1. The Morgan fingerprint density at radius 3 is 3.00 bits per heavy atom. The van der Waals surface area contributed by atoms with E-state index in [9.17, 15) is 4.79 Å². The second-order valence-electron chi connectivity index (χ2n) is 3.09. The molecule has 3 nitrogen and oxygen atoms in total. The minimum Gasteiger partial charge on any atom is -0.407 e. The number of carbonyl (C=O) groups excluding carboxylic acids is 1. The van der Waals surface area contributed by atoms with E-state index in [0.29, 0.717) is 10.9 Å². The van der Waals surface area contributed by atoms with Crippen LogP contribution in [0.2, 0.25) is 5.02 Å².